The summed E-state index contributed by atoms with van der Waals surface area (Å²) < 4.78 is 0. The Morgan fingerprint density at radius 2 is 2.20 bits per heavy atom. The van der Waals surface area contributed by atoms with Gasteiger partial charge in [0.25, 0.3) is 0 Å². The number of carbonyl (C=O) groups is 1. The van der Waals surface area contributed by atoms with Gasteiger partial charge < -0.3 is 5.11 Å². The smallest absolute Gasteiger partial charge is 0.133 e. The van der Waals surface area contributed by atoms with Crippen molar-refractivity contribution in [3.63, 3.8) is 0 Å². The van der Waals surface area contributed by atoms with Crippen LogP contribution in [0.2, 0.25) is 0 Å². The lowest BCUT2D eigenvalue weighted by atomic mass is 9.85. The summed E-state index contributed by atoms with van der Waals surface area (Å²) >= 11 is 0. The van der Waals surface area contributed by atoms with Gasteiger partial charge in [-0.1, -0.05) is 6.42 Å². The predicted octanol–water partition coefficient (Wildman–Crippen LogP) is 1.13. The Labute approximate surface area is 61.2 Å². The molecule has 0 aromatic carbocycles. The number of rotatable bonds is 1. The first kappa shape index (κ1) is 7.73. The van der Waals surface area contributed by atoms with Gasteiger partial charge in [-0.25, -0.2) is 0 Å². The lowest BCUT2D eigenvalue weighted by Gasteiger charge is -2.23. The summed E-state index contributed by atoms with van der Waals surface area (Å²) in [7, 11) is 0. The molecule has 0 radical (unpaired) electrons. The van der Waals surface area contributed by atoms with Crippen LogP contribution in [0.1, 0.15) is 32.6 Å². The van der Waals surface area contributed by atoms with Crippen molar-refractivity contribution in [1.29, 1.82) is 0 Å². The van der Waals surface area contributed by atoms with Gasteiger partial charge in [-0.05, 0) is 26.2 Å². The zero-order valence-electron chi connectivity index (χ0n) is 6.34. The molecule has 0 aromatic heterocycles. The fraction of sp³-hybridized carbons (Fsp3) is 0.875. The third kappa shape index (κ3) is 1.81. The Kier molecular flexibility index (Phi) is 2.44. The van der Waals surface area contributed by atoms with E-state index in [0.717, 1.165) is 19.3 Å². The number of Topliss-reactive ketones (excluding diaryl/α,β-unsaturated/α-hetero) is 1. The van der Waals surface area contributed by atoms with Crippen molar-refractivity contribution < 1.29 is 9.90 Å². The SMILES string of the molecule is CC(=O)[C@@H]1CCC[C@H](O)C1. The van der Waals surface area contributed by atoms with E-state index in [1.807, 2.05) is 0 Å². The summed E-state index contributed by atoms with van der Waals surface area (Å²) in [6.07, 6.45) is 3.33. The molecule has 1 aliphatic carbocycles. The molecule has 0 heterocycles. The molecular formula is C8H14O2. The highest BCUT2D eigenvalue weighted by Crippen LogP contribution is 2.24. The third-order valence-electron chi connectivity index (χ3n) is 2.22. The largest absolute Gasteiger partial charge is 0.393 e. The first-order valence-corrected chi connectivity index (χ1v) is 3.88. The molecule has 1 N–H and O–H groups in total. The first-order chi connectivity index (χ1) is 4.70. The third-order valence-corrected chi connectivity index (χ3v) is 2.22. The zero-order chi connectivity index (χ0) is 7.56. The highest BCUT2D eigenvalue weighted by molar-refractivity contribution is 5.78. The highest BCUT2D eigenvalue weighted by Gasteiger charge is 2.22. The van der Waals surface area contributed by atoms with E-state index in [1.165, 1.54) is 0 Å². The Hall–Kier alpha value is -0.370. The fourth-order valence-electron chi connectivity index (χ4n) is 1.53. The second kappa shape index (κ2) is 3.15. The van der Waals surface area contributed by atoms with Crippen molar-refractivity contribution in [2.45, 2.75) is 38.7 Å². The van der Waals surface area contributed by atoms with E-state index in [1.54, 1.807) is 6.92 Å². The van der Waals surface area contributed by atoms with E-state index in [0.29, 0.717) is 6.42 Å². The average molecular weight is 142 g/mol. The molecule has 0 aliphatic heterocycles. The Morgan fingerprint density at radius 3 is 2.60 bits per heavy atom. The minimum Gasteiger partial charge on any atom is -0.393 e. The number of carbonyl (C=O) groups excluding carboxylic acids is 1. The van der Waals surface area contributed by atoms with E-state index in [9.17, 15) is 9.90 Å². The van der Waals surface area contributed by atoms with Gasteiger partial charge in [0.15, 0.2) is 0 Å². The van der Waals surface area contributed by atoms with E-state index in [-0.39, 0.29) is 17.8 Å². The molecule has 1 rings (SSSR count). The molecule has 58 valence electrons. The lowest BCUT2D eigenvalue weighted by molar-refractivity contribution is -0.122. The van der Waals surface area contributed by atoms with Crippen molar-refractivity contribution in [3.8, 4) is 0 Å². The minimum atomic E-state index is -0.220. The van der Waals surface area contributed by atoms with Gasteiger partial charge in [0, 0.05) is 5.92 Å². The summed E-state index contributed by atoms with van der Waals surface area (Å²) in [6.45, 7) is 1.61. The van der Waals surface area contributed by atoms with Gasteiger partial charge in [0.1, 0.15) is 5.78 Å². The normalized spacial score (nSPS) is 33.8. The topological polar surface area (TPSA) is 37.3 Å². The van der Waals surface area contributed by atoms with Gasteiger partial charge in [-0.15, -0.1) is 0 Å². The average Bonchev–Trinajstić information content (AvgIpc) is 1.88. The molecule has 1 fully saturated rings. The van der Waals surface area contributed by atoms with Crippen LogP contribution >= 0.6 is 0 Å². The monoisotopic (exact) mass is 142 g/mol. The van der Waals surface area contributed by atoms with Gasteiger partial charge in [-0.2, -0.15) is 0 Å². The fourth-order valence-corrected chi connectivity index (χ4v) is 1.53. The molecule has 2 heteroatoms. The summed E-state index contributed by atoms with van der Waals surface area (Å²) in [4.78, 5) is 10.8. The molecule has 0 saturated heterocycles. The zero-order valence-corrected chi connectivity index (χ0v) is 6.34. The van der Waals surface area contributed by atoms with Crippen molar-refractivity contribution in [2.75, 3.05) is 0 Å². The molecule has 1 saturated carbocycles. The van der Waals surface area contributed by atoms with Crippen molar-refractivity contribution in [2.24, 2.45) is 5.92 Å². The van der Waals surface area contributed by atoms with E-state index in [2.05, 4.69) is 0 Å². The Balaban J connectivity index is 2.39. The lowest BCUT2D eigenvalue weighted by Crippen LogP contribution is -2.23. The molecule has 1 aliphatic rings. The van der Waals surface area contributed by atoms with E-state index in [4.69, 9.17) is 0 Å². The van der Waals surface area contributed by atoms with Crippen molar-refractivity contribution >= 4 is 5.78 Å². The summed E-state index contributed by atoms with van der Waals surface area (Å²) in [5.41, 5.74) is 0. The van der Waals surface area contributed by atoms with Gasteiger partial charge in [-0.3, -0.25) is 4.79 Å². The molecule has 0 aromatic rings. The number of hydrogen-bond donors (Lipinski definition) is 1. The Morgan fingerprint density at radius 1 is 1.50 bits per heavy atom. The van der Waals surface area contributed by atoms with Crippen LogP contribution in [0.15, 0.2) is 0 Å². The van der Waals surface area contributed by atoms with Crippen molar-refractivity contribution in [3.05, 3.63) is 0 Å². The van der Waals surface area contributed by atoms with Crippen molar-refractivity contribution in [1.82, 2.24) is 0 Å². The molecule has 2 atom stereocenters. The van der Waals surface area contributed by atoms with Crippen LogP contribution in [0.3, 0.4) is 0 Å². The number of aliphatic hydroxyl groups excluding tert-OH is 1. The van der Waals surface area contributed by atoms with Crippen LogP contribution < -0.4 is 0 Å². The summed E-state index contributed by atoms with van der Waals surface area (Å²) in [5.74, 6) is 0.377. The molecule has 0 spiro atoms. The minimum absolute atomic E-state index is 0.142. The molecule has 0 bridgehead atoms. The first-order valence-electron chi connectivity index (χ1n) is 3.88. The highest BCUT2D eigenvalue weighted by atomic mass is 16.3. The summed E-state index contributed by atoms with van der Waals surface area (Å²) in [5, 5.41) is 9.18. The predicted molar refractivity (Wildman–Crippen MR) is 38.6 cm³/mol. The molecule has 10 heavy (non-hydrogen) atoms. The number of aliphatic hydroxyl groups is 1. The number of ketones is 1. The maximum absolute atomic E-state index is 10.8. The van der Waals surface area contributed by atoms with Gasteiger partial charge >= 0.3 is 0 Å². The molecule has 0 amide bonds. The van der Waals surface area contributed by atoms with E-state index >= 15 is 0 Å². The molecule has 2 nitrogen and oxygen atoms in total. The molecular weight excluding hydrogens is 128 g/mol. The van der Waals surface area contributed by atoms with Crippen LogP contribution in [0.4, 0.5) is 0 Å². The summed E-state index contributed by atoms with van der Waals surface area (Å²) in [6, 6.07) is 0. The van der Waals surface area contributed by atoms with Gasteiger partial charge in [0.05, 0.1) is 6.10 Å². The van der Waals surface area contributed by atoms with Gasteiger partial charge in [0.2, 0.25) is 0 Å². The van der Waals surface area contributed by atoms with Crippen LogP contribution in [-0.4, -0.2) is 17.0 Å². The quantitative estimate of drug-likeness (QED) is 0.595. The maximum Gasteiger partial charge on any atom is 0.133 e. The van der Waals surface area contributed by atoms with E-state index < -0.39 is 0 Å². The van der Waals surface area contributed by atoms with Crippen LogP contribution in [0, 0.1) is 5.92 Å². The standard InChI is InChI=1S/C8H14O2/c1-6(9)7-3-2-4-8(10)5-7/h7-8,10H,2-5H2,1H3/t7-,8+/m1/s1. The van der Waals surface area contributed by atoms with Crippen LogP contribution in [0.5, 0.6) is 0 Å². The van der Waals surface area contributed by atoms with Crippen LogP contribution in [0.25, 0.3) is 0 Å². The molecule has 0 unspecified atom stereocenters. The van der Waals surface area contributed by atoms with Crippen LogP contribution in [-0.2, 0) is 4.79 Å². The Bertz CT molecular complexity index is 131. The second-order valence-corrected chi connectivity index (χ2v) is 3.13. The number of hydrogen-bond acceptors (Lipinski definition) is 2. The second-order valence-electron chi connectivity index (χ2n) is 3.13. The maximum atomic E-state index is 10.8.